The molecule has 0 amide bonds. The van der Waals surface area contributed by atoms with Crippen LogP contribution in [0.1, 0.15) is 91.9 Å². The molecule has 0 unspecified atom stereocenters. The average Bonchev–Trinajstić information content (AvgIpc) is 3.49. The van der Waals surface area contributed by atoms with E-state index in [1.165, 1.54) is 13.8 Å². The van der Waals surface area contributed by atoms with E-state index in [4.69, 9.17) is 23.7 Å². The lowest BCUT2D eigenvalue weighted by Gasteiger charge is -2.65. The molecule has 0 aromatic rings. The molecule has 11 heteroatoms. The van der Waals surface area contributed by atoms with Crippen LogP contribution in [-0.4, -0.2) is 82.9 Å². The van der Waals surface area contributed by atoms with E-state index < -0.39 is 64.7 Å². The van der Waals surface area contributed by atoms with E-state index in [2.05, 4.69) is 6.92 Å². The molecule has 4 aliphatic carbocycles. The van der Waals surface area contributed by atoms with E-state index in [1.807, 2.05) is 0 Å². The van der Waals surface area contributed by atoms with Crippen LogP contribution >= 0.6 is 0 Å². The predicted octanol–water partition coefficient (Wildman–Crippen LogP) is 2.92. The zero-order valence-corrected chi connectivity index (χ0v) is 26.1. The van der Waals surface area contributed by atoms with E-state index in [1.54, 1.807) is 13.0 Å². The standard InChI is InChI=1S/C33H46O11/c1-18-29(43-20(3)36)26(42-19(2)35)14-28(41-18)44-22-5-10-31(17-34)24-6-9-30(4)23(21-13-27(37)40-16-21)8-12-33(30,39)25(24)7-11-32(31,38)15-22/h13,17-18,22-26,28-29,38-39H,5-12,14-16H2,1-4H3/t18-,22+,23+,24-,25+,26+,28-,29-,30+,31-,32-,33+/m0/s1. The lowest BCUT2D eigenvalue weighted by atomic mass is 9.41. The smallest absolute Gasteiger partial charge is 0.331 e. The molecule has 1 saturated heterocycles. The summed E-state index contributed by atoms with van der Waals surface area (Å²) in [6.07, 6.45) is 4.39. The fraction of sp³-hybridized carbons (Fsp3) is 0.818. The first kappa shape index (κ1) is 31.6. The van der Waals surface area contributed by atoms with Gasteiger partial charge in [0, 0.05) is 38.2 Å². The fourth-order valence-corrected chi connectivity index (χ4v) is 10.4. The number of rotatable bonds is 6. The van der Waals surface area contributed by atoms with E-state index >= 15 is 0 Å². The highest BCUT2D eigenvalue weighted by molar-refractivity contribution is 5.85. The summed E-state index contributed by atoms with van der Waals surface area (Å²) in [5, 5.41) is 24.7. The third-order valence-corrected chi connectivity index (χ3v) is 12.4. The van der Waals surface area contributed by atoms with Crippen molar-refractivity contribution in [1.82, 2.24) is 0 Å². The zero-order valence-electron chi connectivity index (χ0n) is 26.1. The molecular formula is C33H46O11. The molecule has 2 N–H and O–H groups in total. The van der Waals surface area contributed by atoms with Gasteiger partial charge in [0.05, 0.1) is 28.8 Å². The molecule has 0 aromatic heterocycles. The van der Waals surface area contributed by atoms with Gasteiger partial charge < -0.3 is 38.7 Å². The van der Waals surface area contributed by atoms with Crippen molar-refractivity contribution >= 4 is 24.2 Å². The Bertz CT molecular complexity index is 1230. The average molecular weight is 619 g/mol. The van der Waals surface area contributed by atoms with Crippen LogP contribution in [0, 0.1) is 28.6 Å². The molecule has 6 aliphatic rings. The topological polar surface area (TPSA) is 155 Å². The third kappa shape index (κ3) is 4.84. The molecule has 0 radical (unpaired) electrons. The Morgan fingerprint density at radius 2 is 1.73 bits per heavy atom. The Morgan fingerprint density at radius 1 is 1.00 bits per heavy atom. The molecule has 44 heavy (non-hydrogen) atoms. The van der Waals surface area contributed by atoms with Crippen molar-refractivity contribution in [2.45, 2.75) is 134 Å². The molecule has 0 aromatic carbocycles. The van der Waals surface area contributed by atoms with Crippen LogP contribution in [0.25, 0.3) is 0 Å². The van der Waals surface area contributed by atoms with Crippen molar-refractivity contribution in [1.29, 1.82) is 0 Å². The van der Waals surface area contributed by atoms with Gasteiger partial charge in [0.2, 0.25) is 0 Å². The van der Waals surface area contributed by atoms with E-state index in [0.29, 0.717) is 44.9 Å². The lowest BCUT2D eigenvalue weighted by molar-refractivity contribution is -0.288. The normalized spacial score (nSPS) is 48.2. The van der Waals surface area contributed by atoms with Crippen LogP contribution in [0.3, 0.4) is 0 Å². The van der Waals surface area contributed by atoms with Gasteiger partial charge in [0.15, 0.2) is 12.4 Å². The molecule has 12 atom stereocenters. The van der Waals surface area contributed by atoms with Gasteiger partial charge in [0.25, 0.3) is 0 Å². The quantitative estimate of drug-likeness (QED) is 0.195. The summed E-state index contributed by atoms with van der Waals surface area (Å²) in [6, 6.07) is 0. The third-order valence-electron chi connectivity index (χ3n) is 12.4. The van der Waals surface area contributed by atoms with Crippen LogP contribution < -0.4 is 0 Å². The molecular weight excluding hydrogens is 572 g/mol. The van der Waals surface area contributed by atoms with Gasteiger partial charge in [-0.1, -0.05) is 6.92 Å². The highest BCUT2D eigenvalue weighted by Crippen LogP contribution is 2.70. The second kappa shape index (κ2) is 11.2. The van der Waals surface area contributed by atoms with Gasteiger partial charge in [-0.25, -0.2) is 4.79 Å². The summed E-state index contributed by atoms with van der Waals surface area (Å²) >= 11 is 0. The number of aliphatic hydroxyl groups is 2. The van der Waals surface area contributed by atoms with E-state index in [-0.39, 0.29) is 43.2 Å². The van der Waals surface area contributed by atoms with Crippen molar-refractivity contribution in [2.24, 2.45) is 28.6 Å². The number of esters is 3. The molecule has 6 rings (SSSR count). The molecule has 244 valence electrons. The Labute approximate surface area is 257 Å². The first-order valence-corrected chi connectivity index (χ1v) is 16.2. The second-order valence-corrected chi connectivity index (χ2v) is 14.5. The minimum atomic E-state index is -1.30. The van der Waals surface area contributed by atoms with Gasteiger partial charge in [-0.2, -0.15) is 0 Å². The van der Waals surface area contributed by atoms with Gasteiger partial charge in [-0.15, -0.1) is 0 Å². The van der Waals surface area contributed by atoms with Gasteiger partial charge in [0.1, 0.15) is 19.0 Å². The first-order chi connectivity index (χ1) is 20.7. The van der Waals surface area contributed by atoms with Crippen LogP contribution in [0.4, 0.5) is 0 Å². The number of fused-ring (bicyclic) bond motifs is 5. The molecule has 0 spiro atoms. The molecule has 2 heterocycles. The fourth-order valence-electron chi connectivity index (χ4n) is 10.4. The minimum Gasteiger partial charge on any atom is -0.458 e. The van der Waals surface area contributed by atoms with Crippen molar-refractivity contribution in [2.75, 3.05) is 6.61 Å². The summed E-state index contributed by atoms with van der Waals surface area (Å²) in [5.41, 5.74) is -2.79. The highest BCUT2D eigenvalue weighted by Gasteiger charge is 2.71. The van der Waals surface area contributed by atoms with Gasteiger partial charge >= 0.3 is 17.9 Å². The zero-order chi connectivity index (χ0) is 31.7. The molecule has 2 aliphatic heterocycles. The van der Waals surface area contributed by atoms with E-state index in [9.17, 15) is 29.4 Å². The summed E-state index contributed by atoms with van der Waals surface area (Å²) < 4.78 is 28.5. The summed E-state index contributed by atoms with van der Waals surface area (Å²) in [6.45, 7) is 6.72. The Morgan fingerprint density at radius 3 is 2.39 bits per heavy atom. The van der Waals surface area contributed by atoms with Crippen LogP contribution in [0.2, 0.25) is 0 Å². The number of hydrogen-bond acceptors (Lipinski definition) is 11. The Balaban J connectivity index is 1.18. The monoisotopic (exact) mass is 618 g/mol. The minimum absolute atomic E-state index is 0.0474. The number of cyclic esters (lactones) is 1. The maximum atomic E-state index is 13.1. The maximum Gasteiger partial charge on any atom is 0.331 e. The Hall–Kier alpha value is -2.34. The van der Waals surface area contributed by atoms with Gasteiger partial charge in [-0.05, 0) is 81.6 Å². The van der Waals surface area contributed by atoms with Crippen LogP contribution in [0.5, 0.6) is 0 Å². The number of aldehydes is 1. The van der Waals surface area contributed by atoms with Crippen molar-refractivity contribution in [3.05, 3.63) is 11.6 Å². The number of hydrogen-bond donors (Lipinski definition) is 2. The largest absolute Gasteiger partial charge is 0.458 e. The Kier molecular flexibility index (Phi) is 8.03. The molecule has 0 bridgehead atoms. The summed E-state index contributed by atoms with van der Waals surface area (Å²) in [5.74, 6) is -1.59. The predicted molar refractivity (Wildman–Crippen MR) is 153 cm³/mol. The highest BCUT2D eigenvalue weighted by atomic mass is 16.7. The van der Waals surface area contributed by atoms with Crippen molar-refractivity contribution < 1.29 is 53.1 Å². The number of carbonyl (C=O) groups excluding carboxylic acids is 4. The SMILES string of the molecule is CC(=O)O[C@H]1[C@H](C)O[C@@H](O[C@@H]2CC[C@]3(C=O)[C@H]4CC[C@]5(C)[C@@H](C6=CC(=O)OC6)CC[C@@]5(O)[C@@H]4CC[C@]3(O)C2)C[C@H]1OC(C)=O. The molecule has 11 nitrogen and oxygen atoms in total. The summed E-state index contributed by atoms with van der Waals surface area (Å²) in [7, 11) is 0. The first-order valence-electron chi connectivity index (χ1n) is 16.2. The second-order valence-electron chi connectivity index (χ2n) is 14.5. The van der Waals surface area contributed by atoms with E-state index in [0.717, 1.165) is 18.3 Å². The molecule has 4 saturated carbocycles. The maximum absolute atomic E-state index is 13.1. The summed E-state index contributed by atoms with van der Waals surface area (Å²) in [4.78, 5) is 48.4. The van der Waals surface area contributed by atoms with Crippen LogP contribution in [-0.2, 0) is 42.9 Å². The van der Waals surface area contributed by atoms with Crippen molar-refractivity contribution in [3.8, 4) is 0 Å². The van der Waals surface area contributed by atoms with Gasteiger partial charge in [-0.3, -0.25) is 9.59 Å². The number of carbonyl (C=O) groups is 4. The lowest BCUT2D eigenvalue weighted by Crippen LogP contribution is -2.69. The van der Waals surface area contributed by atoms with Crippen molar-refractivity contribution in [3.63, 3.8) is 0 Å². The van der Waals surface area contributed by atoms with Crippen LogP contribution in [0.15, 0.2) is 11.6 Å². The molecule has 5 fully saturated rings. The number of ether oxygens (including phenoxy) is 5.